The number of nitrogens with one attached hydrogen (secondary N) is 1. The molecule has 11 heteroatoms. The summed E-state index contributed by atoms with van der Waals surface area (Å²) >= 11 is 0. The third-order valence-corrected chi connectivity index (χ3v) is 9.02. The van der Waals surface area contributed by atoms with Crippen molar-refractivity contribution < 1.29 is 47.5 Å². The van der Waals surface area contributed by atoms with E-state index in [1.165, 1.54) is 14.0 Å². The van der Waals surface area contributed by atoms with E-state index >= 15 is 0 Å². The highest BCUT2D eigenvalue weighted by Gasteiger charge is 2.49. The molecule has 4 aromatic rings. The Morgan fingerprint density at radius 3 is 1.67 bits per heavy atom. The summed E-state index contributed by atoms with van der Waals surface area (Å²) in [5.74, 6) is -1.55. The predicted octanol–water partition coefficient (Wildman–Crippen LogP) is 6.57. The quantitative estimate of drug-likeness (QED) is 0.106. The smallest absolute Gasteiger partial charge is 0.408 e. The molecule has 1 heterocycles. The van der Waals surface area contributed by atoms with E-state index in [1.54, 1.807) is 6.92 Å². The molecule has 7 atom stereocenters. The van der Waals surface area contributed by atoms with Gasteiger partial charge < -0.3 is 43.3 Å². The minimum atomic E-state index is -1.27. The predicted molar refractivity (Wildman–Crippen MR) is 200 cm³/mol. The molecule has 1 fully saturated rings. The number of rotatable bonds is 19. The summed E-state index contributed by atoms with van der Waals surface area (Å²) in [5.41, 5.74) is 3.64. The van der Waals surface area contributed by atoms with Crippen LogP contribution in [0.5, 0.6) is 0 Å². The molecule has 286 valence electrons. The van der Waals surface area contributed by atoms with E-state index in [2.05, 4.69) is 5.32 Å². The number of carbonyl (C=O) groups is 3. The first kappa shape index (κ1) is 40.3. The lowest BCUT2D eigenvalue weighted by Gasteiger charge is -2.47. The van der Waals surface area contributed by atoms with Crippen molar-refractivity contribution in [1.29, 1.82) is 0 Å². The normalized spacial score (nSPS) is 20.7. The number of amides is 1. The second-order valence-electron chi connectivity index (χ2n) is 13.2. The Bertz CT molecular complexity index is 1710. The van der Waals surface area contributed by atoms with Crippen LogP contribution in [0.25, 0.3) is 0 Å². The number of hydrogen-bond donors (Lipinski definition) is 1. The van der Waals surface area contributed by atoms with Crippen LogP contribution in [0.2, 0.25) is 0 Å². The molecule has 1 saturated heterocycles. The summed E-state index contributed by atoms with van der Waals surface area (Å²) in [6, 6.07) is 37.1. The first-order valence-electron chi connectivity index (χ1n) is 18.1. The summed E-state index contributed by atoms with van der Waals surface area (Å²) in [5, 5.41) is 2.59. The number of carbonyl (C=O) groups excluding carboxylic acids is 3. The molecule has 4 aromatic carbocycles. The Morgan fingerprint density at radius 1 is 0.685 bits per heavy atom. The van der Waals surface area contributed by atoms with Gasteiger partial charge in [0, 0.05) is 12.3 Å². The van der Waals surface area contributed by atoms with Crippen molar-refractivity contribution >= 4 is 17.8 Å². The van der Waals surface area contributed by atoms with E-state index in [4.69, 9.17) is 33.2 Å². The van der Waals surface area contributed by atoms with Crippen LogP contribution < -0.4 is 5.32 Å². The molecule has 54 heavy (non-hydrogen) atoms. The van der Waals surface area contributed by atoms with Gasteiger partial charge in [0.15, 0.2) is 12.3 Å². The first-order chi connectivity index (χ1) is 26.3. The number of Topliss-reactive ketones (excluding diaryl/α,β-unsaturated/α-hetero) is 1. The van der Waals surface area contributed by atoms with E-state index in [0.717, 1.165) is 22.3 Å². The summed E-state index contributed by atoms with van der Waals surface area (Å²) in [4.78, 5) is 38.9. The molecular formula is C43H49NO10. The number of ether oxygens (including phenoxy) is 7. The van der Waals surface area contributed by atoms with Crippen LogP contribution in [0.4, 0.5) is 4.79 Å². The van der Waals surface area contributed by atoms with Crippen molar-refractivity contribution in [3.63, 3.8) is 0 Å². The largest absolute Gasteiger partial charge is 0.467 e. The number of hydrogen-bond acceptors (Lipinski definition) is 10. The molecular weight excluding hydrogens is 690 g/mol. The van der Waals surface area contributed by atoms with Gasteiger partial charge in [-0.1, -0.05) is 121 Å². The molecule has 1 N–H and O–H groups in total. The molecule has 1 aliphatic heterocycles. The van der Waals surface area contributed by atoms with E-state index < -0.39 is 54.7 Å². The number of benzene rings is 4. The Labute approximate surface area is 316 Å². The van der Waals surface area contributed by atoms with Gasteiger partial charge in [0.05, 0.1) is 45.7 Å². The zero-order chi connectivity index (χ0) is 38.1. The molecule has 0 aromatic heterocycles. The van der Waals surface area contributed by atoms with Crippen LogP contribution in [0, 0.1) is 5.92 Å². The average molecular weight is 740 g/mol. The van der Waals surface area contributed by atoms with Crippen LogP contribution in [-0.2, 0) is 69.2 Å². The zero-order valence-corrected chi connectivity index (χ0v) is 30.9. The SMILES string of the molecule is COC(=O)[C@@H](NC(=O)OCc1ccccc1)[C@@H](C)O[C@@H]1O[C@H](COCc2ccccc2)[C@H](OCc2ccccc2)[C@H](OCc2ccccc2)[C@H]1CC(C)=O. The lowest BCUT2D eigenvalue weighted by Crippen LogP contribution is -2.60. The van der Waals surface area contributed by atoms with Crippen molar-refractivity contribution in [2.24, 2.45) is 5.92 Å². The van der Waals surface area contributed by atoms with Gasteiger partial charge >= 0.3 is 12.1 Å². The van der Waals surface area contributed by atoms with E-state index in [9.17, 15) is 14.4 Å². The summed E-state index contributed by atoms with van der Waals surface area (Å²) in [7, 11) is 1.22. The number of methoxy groups -OCH3 is 1. The van der Waals surface area contributed by atoms with Crippen molar-refractivity contribution in [3.05, 3.63) is 144 Å². The van der Waals surface area contributed by atoms with Gasteiger partial charge in [0.1, 0.15) is 24.6 Å². The van der Waals surface area contributed by atoms with Crippen molar-refractivity contribution in [3.8, 4) is 0 Å². The van der Waals surface area contributed by atoms with E-state index in [-0.39, 0.29) is 38.6 Å². The van der Waals surface area contributed by atoms with E-state index in [0.29, 0.717) is 6.61 Å². The Balaban J connectivity index is 1.41. The van der Waals surface area contributed by atoms with Crippen molar-refractivity contribution in [2.45, 2.75) is 83.4 Å². The summed E-state index contributed by atoms with van der Waals surface area (Å²) < 4.78 is 43.1. The Morgan fingerprint density at radius 2 is 1.17 bits per heavy atom. The molecule has 0 aliphatic carbocycles. The zero-order valence-electron chi connectivity index (χ0n) is 30.9. The fourth-order valence-corrected chi connectivity index (χ4v) is 6.27. The summed E-state index contributed by atoms with van der Waals surface area (Å²) in [6.45, 7) is 4.01. The maximum atomic E-state index is 13.1. The van der Waals surface area contributed by atoms with Crippen LogP contribution >= 0.6 is 0 Å². The first-order valence-corrected chi connectivity index (χ1v) is 18.1. The maximum absolute atomic E-state index is 13.1. The van der Waals surface area contributed by atoms with Crippen LogP contribution in [0.3, 0.4) is 0 Å². The number of esters is 1. The number of alkyl carbamates (subject to hydrolysis) is 1. The Hall–Kier alpha value is -4.91. The third kappa shape index (κ3) is 12.3. The molecule has 0 spiro atoms. The topological polar surface area (TPSA) is 128 Å². The molecule has 0 radical (unpaired) electrons. The van der Waals surface area contributed by atoms with Gasteiger partial charge in [-0.05, 0) is 36.1 Å². The van der Waals surface area contributed by atoms with Crippen LogP contribution in [-0.4, -0.2) is 68.3 Å². The molecule has 11 nitrogen and oxygen atoms in total. The molecule has 0 unspecified atom stereocenters. The molecule has 0 saturated carbocycles. The second-order valence-corrected chi connectivity index (χ2v) is 13.2. The maximum Gasteiger partial charge on any atom is 0.408 e. The van der Waals surface area contributed by atoms with Gasteiger partial charge in [-0.25, -0.2) is 9.59 Å². The highest BCUT2D eigenvalue weighted by molar-refractivity contribution is 5.81. The summed E-state index contributed by atoms with van der Waals surface area (Å²) in [6.07, 6.45) is -5.01. The van der Waals surface area contributed by atoms with Gasteiger partial charge in [0.2, 0.25) is 0 Å². The van der Waals surface area contributed by atoms with Gasteiger partial charge in [0.25, 0.3) is 0 Å². The second kappa shape index (κ2) is 21.1. The number of ketones is 1. The standard InChI is InChI=1S/C43H49NO10/c1-30(45)24-36-39(50-26-33-18-10-5-11-19-33)40(51-27-34-20-12-6-13-21-34)37(29-49-25-32-16-8-4-9-17-32)54-42(36)53-31(2)38(41(46)48-3)44-43(47)52-28-35-22-14-7-15-23-35/h4-23,31,36-40,42H,24-29H2,1-3H3,(H,44,47)/t31-,36-,37-,38+,39-,40+,42-/m1/s1. The van der Waals surface area contributed by atoms with Gasteiger partial charge in [-0.15, -0.1) is 0 Å². The van der Waals surface area contributed by atoms with Crippen molar-refractivity contribution in [2.75, 3.05) is 13.7 Å². The van der Waals surface area contributed by atoms with Crippen LogP contribution in [0.15, 0.2) is 121 Å². The van der Waals surface area contributed by atoms with Crippen molar-refractivity contribution in [1.82, 2.24) is 5.32 Å². The highest BCUT2D eigenvalue weighted by atomic mass is 16.7. The van der Waals surface area contributed by atoms with Gasteiger partial charge in [-0.2, -0.15) is 0 Å². The Kier molecular flexibility index (Phi) is 15.7. The molecule has 5 rings (SSSR count). The molecule has 0 bridgehead atoms. The lowest BCUT2D eigenvalue weighted by atomic mass is 9.86. The average Bonchev–Trinajstić information content (AvgIpc) is 3.20. The minimum absolute atomic E-state index is 0.00229. The van der Waals surface area contributed by atoms with Crippen LogP contribution in [0.1, 0.15) is 42.5 Å². The minimum Gasteiger partial charge on any atom is -0.467 e. The molecule has 1 amide bonds. The fourth-order valence-electron chi connectivity index (χ4n) is 6.27. The monoisotopic (exact) mass is 739 g/mol. The fraction of sp³-hybridized carbons (Fsp3) is 0.372. The molecule has 1 aliphatic rings. The lowest BCUT2D eigenvalue weighted by molar-refractivity contribution is -0.314. The van der Waals surface area contributed by atoms with Gasteiger partial charge in [-0.3, -0.25) is 0 Å². The highest BCUT2D eigenvalue weighted by Crippen LogP contribution is 2.36. The van der Waals surface area contributed by atoms with E-state index in [1.807, 2.05) is 121 Å². The third-order valence-electron chi connectivity index (χ3n) is 9.02.